The summed E-state index contributed by atoms with van der Waals surface area (Å²) in [6.45, 7) is 3.08. The summed E-state index contributed by atoms with van der Waals surface area (Å²) in [4.78, 5) is 0. The number of nitrogens with one attached hydrogen (secondary N) is 1. The summed E-state index contributed by atoms with van der Waals surface area (Å²) in [6, 6.07) is 8.04. The van der Waals surface area contributed by atoms with Crippen molar-refractivity contribution in [3.05, 3.63) is 30.5 Å². The molecule has 0 bridgehead atoms. The van der Waals surface area contributed by atoms with Gasteiger partial charge in [0.2, 0.25) is 0 Å². The first kappa shape index (κ1) is 18.5. The molecule has 0 aliphatic carbocycles. The van der Waals surface area contributed by atoms with Crippen molar-refractivity contribution in [2.75, 3.05) is 6.61 Å². The summed E-state index contributed by atoms with van der Waals surface area (Å²) < 4.78 is 5.81. The van der Waals surface area contributed by atoms with E-state index in [0.29, 0.717) is 0 Å². The van der Waals surface area contributed by atoms with E-state index in [-0.39, 0.29) is 0 Å². The molecule has 2 aromatic rings. The van der Waals surface area contributed by atoms with Gasteiger partial charge in [-0.15, -0.1) is 0 Å². The van der Waals surface area contributed by atoms with Crippen molar-refractivity contribution in [2.24, 2.45) is 0 Å². The normalized spacial score (nSPS) is 10.9. The average Bonchev–Trinajstić information content (AvgIpc) is 3.15. The van der Waals surface area contributed by atoms with Gasteiger partial charge in [-0.25, -0.2) is 0 Å². The molecular weight excluding hydrogens is 298 g/mol. The van der Waals surface area contributed by atoms with Gasteiger partial charge in [-0.1, -0.05) is 64.7 Å². The summed E-state index contributed by atoms with van der Waals surface area (Å²) in [7, 11) is 0. The highest BCUT2D eigenvalue weighted by atomic mass is 16.5. The number of nitrogens with zero attached hydrogens (tertiary/aromatic N) is 2. The largest absolute Gasteiger partial charge is 0.494 e. The van der Waals surface area contributed by atoms with Gasteiger partial charge in [0.15, 0.2) is 0 Å². The number of H-pyrrole nitrogens is 1. The van der Waals surface area contributed by atoms with Crippen LogP contribution in [0.2, 0.25) is 0 Å². The molecule has 1 aromatic heterocycles. The van der Waals surface area contributed by atoms with Crippen LogP contribution in [0.5, 0.6) is 5.75 Å². The fourth-order valence-corrected chi connectivity index (χ4v) is 2.84. The summed E-state index contributed by atoms with van der Waals surface area (Å²) in [6.07, 6.45) is 15.2. The van der Waals surface area contributed by atoms with Gasteiger partial charge in [0, 0.05) is 5.56 Å². The number of rotatable bonds is 13. The van der Waals surface area contributed by atoms with Crippen LogP contribution in [0.3, 0.4) is 0 Å². The first-order valence-electron chi connectivity index (χ1n) is 9.49. The minimum Gasteiger partial charge on any atom is -0.494 e. The third-order valence-electron chi connectivity index (χ3n) is 4.33. The first-order chi connectivity index (χ1) is 11.9. The Morgan fingerprint density at radius 2 is 1.46 bits per heavy atom. The Bertz CT molecular complexity index is 522. The maximum Gasteiger partial charge on any atom is 0.119 e. The third kappa shape index (κ3) is 7.16. The monoisotopic (exact) mass is 329 g/mol. The Labute approximate surface area is 146 Å². The van der Waals surface area contributed by atoms with Gasteiger partial charge >= 0.3 is 0 Å². The second-order valence-corrected chi connectivity index (χ2v) is 6.41. The maximum absolute atomic E-state index is 5.81. The van der Waals surface area contributed by atoms with Crippen LogP contribution in [0.1, 0.15) is 71.1 Å². The highest BCUT2D eigenvalue weighted by molar-refractivity contribution is 5.58. The molecule has 0 radical (unpaired) electrons. The van der Waals surface area contributed by atoms with Gasteiger partial charge in [-0.2, -0.15) is 15.4 Å². The SMILES string of the molecule is CCCCCCCCCCCCOc1ccc(-c2cn[nH]n2)cc1. The average molecular weight is 329 g/mol. The summed E-state index contributed by atoms with van der Waals surface area (Å²) in [5, 5.41) is 10.5. The van der Waals surface area contributed by atoms with Crippen molar-refractivity contribution in [1.82, 2.24) is 15.4 Å². The summed E-state index contributed by atoms with van der Waals surface area (Å²) in [5.74, 6) is 0.929. The molecule has 24 heavy (non-hydrogen) atoms. The van der Waals surface area contributed by atoms with E-state index < -0.39 is 0 Å². The predicted molar refractivity (Wildman–Crippen MR) is 99.2 cm³/mol. The van der Waals surface area contributed by atoms with E-state index in [9.17, 15) is 0 Å². The minimum atomic E-state index is 0.805. The van der Waals surface area contributed by atoms with Gasteiger partial charge in [-0.05, 0) is 30.7 Å². The number of hydrogen-bond donors (Lipinski definition) is 1. The van der Waals surface area contributed by atoms with Crippen molar-refractivity contribution >= 4 is 0 Å². The summed E-state index contributed by atoms with van der Waals surface area (Å²) >= 11 is 0. The van der Waals surface area contributed by atoms with Gasteiger partial charge in [-0.3, -0.25) is 0 Å². The van der Waals surface area contributed by atoms with Crippen molar-refractivity contribution < 1.29 is 4.74 Å². The van der Waals surface area contributed by atoms with Crippen molar-refractivity contribution in [2.45, 2.75) is 71.1 Å². The lowest BCUT2D eigenvalue weighted by Crippen LogP contribution is -1.97. The molecule has 1 N–H and O–H groups in total. The Hall–Kier alpha value is -1.84. The van der Waals surface area contributed by atoms with Crippen LogP contribution in [0.25, 0.3) is 11.3 Å². The van der Waals surface area contributed by atoms with Crippen molar-refractivity contribution in [3.63, 3.8) is 0 Å². The number of benzene rings is 1. The zero-order chi connectivity index (χ0) is 16.9. The van der Waals surface area contributed by atoms with Crippen LogP contribution >= 0.6 is 0 Å². The van der Waals surface area contributed by atoms with Crippen LogP contribution < -0.4 is 4.74 Å². The molecule has 0 aliphatic heterocycles. The Morgan fingerprint density at radius 3 is 2.04 bits per heavy atom. The molecular formula is C20H31N3O. The smallest absolute Gasteiger partial charge is 0.119 e. The molecule has 0 saturated heterocycles. The molecule has 1 aromatic carbocycles. The highest BCUT2D eigenvalue weighted by Gasteiger charge is 2.01. The Morgan fingerprint density at radius 1 is 0.833 bits per heavy atom. The molecule has 132 valence electrons. The second-order valence-electron chi connectivity index (χ2n) is 6.41. The lowest BCUT2D eigenvalue weighted by Gasteiger charge is -2.07. The van der Waals surface area contributed by atoms with Crippen LogP contribution in [0.4, 0.5) is 0 Å². The molecule has 0 unspecified atom stereocenters. The van der Waals surface area contributed by atoms with E-state index in [2.05, 4.69) is 22.3 Å². The molecule has 0 fully saturated rings. The second kappa shape index (κ2) is 11.7. The number of aromatic nitrogens is 3. The van der Waals surface area contributed by atoms with Crippen LogP contribution in [0.15, 0.2) is 30.5 Å². The molecule has 0 spiro atoms. The van der Waals surface area contributed by atoms with Crippen molar-refractivity contribution in [3.8, 4) is 17.0 Å². The number of aromatic amines is 1. The molecule has 0 aliphatic rings. The van der Waals surface area contributed by atoms with Crippen molar-refractivity contribution in [1.29, 1.82) is 0 Å². The number of ether oxygens (including phenoxy) is 1. The van der Waals surface area contributed by atoms with E-state index >= 15 is 0 Å². The highest BCUT2D eigenvalue weighted by Crippen LogP contribution is 2.20. The standard InChI is InChI=1S/C20H31N3O/c1-2-3-4-5-6-7-8-9-10-11-16-24-19-14-12-18(13-15-19)20-17-21-23-22-20/h12-15,17H,2-11,16H2,1H3,(H,21,22,23). The van der Waals surface area contributed by atoms with Crippen LogP contribution in [0, 0.1) is 0 Å². The zero-order valence-corrected chi connectivity index (χ0v) is 15.0. The minimum absolute atomic E-state index is 0.805. The van der Waals surface area contributed by atoms with Crippen LogP contribution in [-0.2, 0) is 0 Å². The molecule has 0 atom stereocenters. The lowest BCUT2D eigenvalue weighted by molar-refractivity contribution is 0.304. The fraction of sp³-hybridized carbons (Fsp3) is 0.600. The van der Waals surface area contributed by atoms with Gasteiger partial charge in [0.05, 0.1) is 12.8 Å². The molecule has 4 nitrogen and oxygen atoms in total. The number of hydrogen-bond acceptors (Lipinski definition) is 3. The van der Waals surface area contributed by atoms with Crippen LogP contribution in [-0.4, -0.2) is 22.0 Å². The van der Waals surface area contributed by atoms with E-state index in [4.69, 9.17) is 4.74 Å². The summed E-state index contributed by atoms with van der Waals surface area (Å²) in [5.41, 5.74) is 1.91. The van der Waals surface area contributed by atoms with E-state index in [1.807, 2.05) is 24.3 Å². The van der Waals surface area contributed by atoms with Gasteiger partial charge in [0.25, 0.3) is 0 Å². The third-order valence-corrected chi connectivity index (χ3v) is 4.33. The fourth-order valence-electron chi connectivity index (χ4n) is 2.84. The first-order valence-corrected chi connectivity index (χ1v) is 9.49. The molecule has 4 heteroatoms. The molecule has 0 saturated carbocycles. The van der Waals surface area contributed by atoms with E-state index in [0.717, 1.165) is 30.0 Å². The Balaban J connectivity index is 1.47. The maximum atomic E-state index is 5.81. The lowest BCUT2D eigenvalue weighted by atomic mass is 10.1. The predicted octanol–water partition coefficient (Wildman–Crippen LogP) is 5.77. The number of unbranched alkanes of at least 4 members (excludes halogenated alkanes) is 9. The molecule has 1 heterocycles. The molecule has 0 amide bonds. The topological polar surface area (TPSA) is 50.8 Å². The van der Waals surface area contributed by atoms with Gasteiger partial charge < -0.3 is 4.74 Å². The molecule has 2 rings (SSSR count). The van der Waals surface area contributed by atoms with E-state index in [1.54, 1.807) is 6.20 Å². The van der Waals surface area contributed by atoms with E-state index in [1.165, 1.54) is 57.8 Å². The quantitative estimate of drug-likeness (QED) is 0.474. The van der Waals surface area contributed by atoms with Gasteiger partial charge in [0.1, 0.15) is 11.4 Å². The zero-order valence-electron chi connectivity index (χ0n) is 15.0. The Kier molecular flexibility index (Phi) is 8.99.